The maximum atomic E-state index is 10.5. The van der Waals surface area contributed by atoms with Gasteiger partial charge >= 0.3 is 11.9 Å². The lowest BCUT2D eigenvalue weighted by Crippen LogP contribution is -2.51. The lowest BCUT2D eigenvalue weighted by molar-refractivity contribution is -0.146. The van der Waals surface area contributed by atoms with Crippen molar-refractivity contribution < 1.29 is 19.8 Å². The third kappa shape index (κ3) is 2.50. The van der Waals surface area contributed by atoms with Crippen LogP contribution in [-0.4, -0.2) is 27.7 Å². The van der Waals surface area contributed by atoms with E-state index >= 15 is 0 Å². The van der Waals surface area contributed by atoms with Crippen LogP contribution in [0.25, 0.3) is 0 Å². The lowest BCUT2D eigenvalue weighted by Gasteiger charge is -2.25. The molecular formula is C7H13NO4. The summed E-state index contributed by atoms with van der Waals surface area (Å²) >= 11 is 0. The average Bonchev–Trinajstić information content (AvgIpc) is 1.85. The molecule has 0 aliphatic rings. The third-order valence-electron chi connectivity index (χ3n) is 1.97. The quantitative estimate of drug-likeness (QED) is 0.553. The zero-order chi connectivity index (χ0) is 9.94. The summed E-state index contributed by atoms with van der Waals surface area (Å²) in [5, 5.41) is 17.0. The summed E-state index contributed by atoms with van der Waals surface area (Å²) in [4.78, 5) is 20.8. The van der Waals surface area contributed by atoms with Crippen LogP contribution in [0, 0.1) is 5.92 Å². The van der Waals surface area contributed by atoms with E-state index in [0.29, 0.717) is 0 Å². The molecule has 0 aromatic rings. The van der Waals surface area contributed by atoms with Gasteiger partial charge in [0.25, 0.3) is 0 Å². The minimum Gasteiger partial charge on any atom is -0.481 e. The van der Waals surface area contributed by atoms with Crippen molar-refractivity contribution in [1.29, 1.82) is 0 Å². The molecule has 12 heavy (non-hydrogen) atoms. The van der Waals surface area contributed by atoms with Gasteiger partial charge in [-0.3, -0.25) is 9.59 Å². The van der Waals surface area contributed by atoms with Crippen LogP contribution in [-0.2, 0) is 9.59 Å². The molecule has 5 heteroatoms. The summed E-state index contributed by atoms with van der Waals surface area (Å²) in [6.45, 7) is 2.81. The Morgan fingerprint density at radius 2 is 1.92 bits per heavy atom. The van der Waals surface area contributed by atoms with Crippen molar-refractivity contribution >= 4 is 11.9 Å². The monoisotopic (exact) mass is 175 g/mol. The van der Waals surface area contributed by atoms with Crippen LogP contribution in [0.1, 0.15) is 20.3 Å². The van der Waals surface area contributed by atoms with E-state index in [1.807, 2.05) is 0 Å². The summed E-state index contributed by atoms with van der Waals surface area (Å²) in [7, 11) is 0. The largest absolute Gasteiger partial charge is 0.481 e. The molecule has 2 atom stereocenters. The maximum absolute atomic E-state index is 10.5. The second-order valence-corrected chi connectivity index (χ2v) is 3.09. The van der Waals surface area contributed by atoms with Crippen molar-refractivity contribution in [3.8, 4) is 0 Å². The van der Waals surface area contributed by atoms with Crippen molar-refractivity contribution in [2.75, 3.05) is 0 Å². The molecule has 0 radical (unpaired) electrons. The highest BCUT2D eigenvalue weighted by molar-refractivity contribution is 5.79. The van der Waals surface area contributed by atoms with Gasteiger partial charge in [0.1, 0.15) is 5.54 Å². The van der Waals surface area contributed by atoms with Crippen LogP contribution in [0.5, 0.6) is 0 Å². The first-order valence-corrected chi connectivity index (χ1v) is 3.52. The second-order valence-electron chi connectivity index (χ2n) is 3.09. The van der Waals surface area contributed by atoms with Crippen LogP contribution >= 0.6 is 0 Å². The first-order valence-electron chi connectivity index (χ1n) is 3.52. The maximum Gasteiger partial charge on any atom is 0.323 e. The Morgan fingerprint density at radius 1 is 1.50 bits per heavy atom. The summed E-state index contributed by atoms with van der Waals surface area (Å²) < 4.78 is 0. The van der Waals surface area contributed by atoms with Gasteiger partial charge in [-0.2, -0.15) is 0 Å². The fraction of sp³-hybridized carbons (Fsp3) is 0.714. The molecule has 0 fully saturated rings. The van der Waals surface area contributed by atoms with Crippen LogP contribution in [0.4, 0.5) is 0 Å². The van der Waals surface area contributed by atoms with Gasteiger partial charge in [-0.25, -0.2) is 0 Å². The summed E-state index contributed by atoms with van der Waals surface area (Å²) in [5.74, 6) is -2.82. The molecule has 5 nitrogen and oxygen atoms in total. The molecule has 0 aromatic heterocycles. The zero-order valence-electron chi connectivity index (χ0n) is 7.07. The number of aliphatic carboxylic acids is 2. The Kier molecular flexibility index (Phi) is 3.21. The van der Waals surface area contributed by atoms with E-state index in [1.165, 1.54) is 13.8 Å². The molecule has 0 rings (SSSR count). The number of hydrogen-bond donors (Lipinski definition) is 3. The van der Waals surface area contributed by atoms with Gasteiger partial charge in [-0.05, 0) is 12.8 Å². The van der Waals surface area contributed by atoms with Gasteiger partial charge in [-0.15, -0.1) is 0 Å². The highest BCUT2D eigenvalue weighted by Gasteiger charge is 2.35. The minimum atomic E-state index is -1.47. The SMILES string of the molecule is C[C@@H](CC(=O)O)[C@@](C)(N)C(=O)O. The molecule has 4 N–H and O–H groups in total. The highest BCUT2D eigenvalue weighted by atomic mass is 16.4. The minimum absolute atomic E-state index is 0.237. The first-order chi connectivity index (χ1) is 5.28. The molecule has 0 aliphatic heterocycles. The molecule has 0 aliphatic carbocycles. The van der Waals surface area contributed by atoms with Crippen LogP contribution in [0.15, 0.2) is 0 Å². The van der Waals surface area contributed by atoms with E-state index in [1.54, 1.807) is 0 Å². The van der Waals surface area contributed by atoms with Gasteiger partial charge in [0.05, 0.1) is 6.42 Å². The number of rotatable bonds is 4. The second kappa shape index (κ2) is 3.53. The smallest absolute Gasteiger partial charge is 0.323 e. The molecule has 0 saturated carbocycles. The summed E-state index contributed by atoms with van der Waals surface area (Å²) in [5.41, 5.74) is 3.91. The van der Waals surface area contributed by atoms with Crippen LogP contribution in [0.2, 0.25) is 0 Å². The van der Waals surface area contributed by atoms with Crippen molar-refractivity contribution in [2.24, 2.45) is 11.7 Å². The van der Waals surface area contributed by atoms with Crippen molar-refractivity contribution in [2.45, 2.75) is 25.8 Å². The van der Waals surface area contributed by atoms with E-state index in [0.717, 1.165) is 0 Å². The molecular weight excluding hydrogens is 162 g/mol. The number of nitrogens with two attached hydrogens (primary N) is 1. The predicted molar refractivity (Wildman–Crippen MR) is 41.6 cm³/mol. The predicted octanol–water partition coefficient (Wildman–Crippen LogP) is -0.101. The molecule has 0 amide bonds. The topological polar surface area (TPSA) is 101 Å². The van der Waals surface area contributed by atoms with Gasteiger partial charge in [0.15, 0.2) is 0 Å². The summed E-state index contributed by atoms with van der Waals surface area (Å²) in [6, 6.07) is 0. The number of hydrogen-bond acceptors (Lipinski definition) is 3. The van der Waals surface area contributed by atoms with Gasteiger partial charge in [0.2, 0.25) is 0 Å². The molecule has 0 aromatic carbocycles. The van der Waals surface area contributed by atoms with E-state index in [4.69, 9.17) is 15.9 Å². The van der Waals surface area contributed by atoms with Crippen molar-refractivity contribution in [1.82, 2.24) is 0 Å². The first kappa shape index (κ1) is 10.9. The van der Waals surface area contributed by atoms with Gasteiger partial charge in [0, 0.05) is 0 Å². The fourth-order valence-electron chi connectivity index (χ4n) is 0.685. The zero-order valence-corrected chi connectivity index (χ0v) is 7.07. The van der Waals surface area contributed by atoms with E-state index in [2.05, 4.69) is 0 Å². The van der Waals surface area contributed by atoms with Crippen molar-refractivity contribution in [3.05, 3.63) is 0 Å². The molecule has 0 heterocycles. The lowest BCUT2D eigenvalue weighted by atomic mass is 9.86. The average molecular weight is 175 g/mol. The summed E-state index contributed by atoms with van der Waals surface area (Å²) in [6.07, 6.45) is -0.237. The Morgan fingerprint density at radius 3 is 2.17 bits per heavy atom. The molecule has 0 bridgehead atoms. The Balaban J connectivity index is 4.35. The van der Waals surface area contributed by atoms with Gasteiger partial charge < -0.3 is 15.9 Å². The number of carboxylic acids is 2. The Bertz CT molecular complexity index is 200. The van der Waals surface area contributed by atoms with Crippen LogP contribution in [0.3, 0.4) is 0 Å². The van der Waals surface area contributed by atoms with Crippen LogP contribution < -0.4 is 5.73 Å². The molecule has 70 valence electrons. The van der Waals surface area contributed by atoms with E-state index in [-0.39, 0.29) is 6.42 Å². The highest BCUT2D eigenvalue weighted by Crippen LogP contribution is 2.17. The fourth-order valence-corrected chi connectivity index (χ4v) is 0.685. The normalized spacial score (nSPS) is 17.9. The van der Waals surface area contributed by atoms with E-state index < -0.39 is 23.4 Å². The molecule has 0 unspecified atom stereocenters. The number of carbonyl (C=O) groups is 2. The standard InChI is InChI=1S/C7H13NO4/c1-4(3-5(9)10)7(2,8)6(11)12/h4H,3,8H2,1-2H3,(H,9,10)(H,11,12)/t4-,7+/m0/s1. The Hall–Kier alpha value is -1.10. The molecule has 0 spiro atoms. The van der Waals surface area contributed by atoms with Gasteiger partial charge in [-0.1, -0.05) is 6.92 Å². The van der Waals surface area contributed by atoms with E-state index in [9.17, 15) is 9.59 Å². The molecule has 0 saturated heterocycles. The van der Waals surface area contributed by atoms with Crippen molar-refractivity contribution in [3.63, 3.8) is 0 Å². The number of carboxylic acid groups (broad SMARTS) is 2. The Labute approximate surface area is 70.2 Å². The third-order valence-corrected chi connectivity index (χ3v) is 1.97.